The molecule has 0 saturated heterocycles. The van der Waals surface area contributed by atoms with Crippen molar-refractivity contribution in [3.63, 3.8) is 0 Å². The Balaban J connectivity index is 3.69. The minimum absolute atomic E-state index is 0.0824. The number of esters is 1. The topological polar surface area (TPSA) is 86.7 Å². The van der Waals surface area contributed by atoms with E-state index in [0.29, 0.717) is 0 Å². The van der Waals surface area contributed by atoms with E-state index in [2.05, 4.69) is 0 Å². The molecule has 21 heavy (non-hydrogen) atoms. The molecule has 0 amide bonds. The SMILES string of the molecule is CC(=O)CC(=O)CCOCCC(=O)CC(=O)OC(C)(C)C. The van der Waals surface area contributed by atoms with Crippen LogP contribution in [0, 0.1) is 0 Å². The van der Waals surface area contributed by atoms with Gasteiger partial charge in [-0.1, -0.05) is 0 Å². The molecule has 0 saturated carbocycles. The van der Waals surface area contributed by atoms with Crippen molar-refractivity contribution >= 4 is 23.3 Å². The van der Waals surface area contributed by atoms with Crippen molar-refractivity contribution in [1.29, 1.82) is 0 Å². The fraction of sp³-hybridized carbons (Fsp3) is 0.733. The highest BCUT2D eigenvalue weighted by molar-refractivity contribution is 5.98. The third-order valence-electron chi connectivity index (χ3n) is 2.26. The number of Topliss-reactive ketones (excluding diaryl/α,β-unsaturated/α-hetero) is 3. The summed E-state index contributed by atoms with van der Waals surface area (Å²) in [4.78, 5) is 44.8. The van der Waals surface area contributed by atoms with Gasteiger partial charge < -0.3 is 9.47 Å². The normalized spacial score (nSPS) is 11.0. The maximum atomic E-state index is 11.5. The monoisotopic (exact) mass is 300 g/mol. The molecule has 0 rings (SSSR count). The van der Waals surface area contributed by atoms with Crippen LogP contribution in [-0.2, 0) is 28.7 Å². The number of carbonyl (C=O) groups excluding carboxylic acids is 4. The van der Waals surface area contributed by atoms with E-state index < -0.39 is 11.6 Å². The molecule has 0 unspecified atom stereocenters. The van der Waals surface area contributed by atoms with Gasteiger partial charge in [-0.3, -0.25) is 19.2 Å². The zero-order valence-electron chi connectivity index (χ0n) is 13.2. The van der Waals surface area contributed by atoms with Crippen LogP contribution >= 0.6 is 0 Å². The maximum Gasteiger partial charge on any atom is 0.313 e. The van der Waals surface area contributed by atoms with Gasteiger partial charge in [-0.15, -0.1) is 0 Å². The van der Waals surface area contributed by atoms with Crippen LogP contribution in [0.25, 0.3) is 0 Å². The molecule has 6 heteroatoms. The quantitative estimate of drug-likeness (QED) is 0.346. The second kappa shape index (κ2) is 9.39. The summed E-state index contributed by atoms with van der Waals surface area (Å²) in [6.07, 6.45) is -0.106. The molecule has 0 fully saturated rings. The molecule has 0 heterocycles. The molecule has 0 atom stereocenters. The Kier molecular flexibility index (Phi) is 8.69. The molecule has 0 bridgehead atoms. The molecule has 6 nitrogen and oxygen atoms in total. The summed E-state index contributed by atoms with van der Waals surface area (Å²) < 4.78 is 10.2. The van der Waals surface area contributed by atoms with E-state index in [4.69, 9.17) is 9.47 Å². The number of carbonyl (C=O) groups is 4. The zero-order valence-corrected chi connectivity index (χ0v) is 13.2. The Labute approximate surface area is 125 Å². The molecule has 0 aliphatic heterocycles. The van der Waals surface area contributed by atoms with Crippen molar-refractivity contribution in [3.8, 4) is 0 Å². The average Bonchev–Trinajstić information content (AvgIpc) is 2.24. The third-order valence-corrected chi connectivity index (χ3v) is 2.26. The number of rotatable bonds is 10. The molecule has 0 aromatic carbocycles. The maximum absolute atomic E-state index is 11.5. The first-order valence-electron chi connectivity index (χ1n) is 6.92. The van der Waals surface area contributed by atoms with Gasteiger partial charge in [0.25, 0.3) is 0 Å². The lowest BCUT2D eigenvalue weighted by Gasteiger charge is -2.19. The van der Waals surface area contributed by atoms with E-state index in [1.807, 2.05) is 0 Å². The Bertz CT molecular complexity index is 391. The van der Waals surface area contributed by atoms with Crippen LogP contribution in [-0.4, -0.2) is 42.1 Å². The highest BCUT2D eigenvalue weighted by Gasteiger charge is 2.18. The Morgan fingerprint density at radius 2 is 1.33 bits per heavy atom. The summed E-state index contributed by atoms with van der Waals surface area (Å²) in [5.41, 5.74) is -0.606. The lowest BCUT2D eigenvalue weighted by molar-refractivity contribution is -0.156. The molecule has 0 N–H and O–H groups in total. The molecular weight excluding hydrogens is 276 g/mol. The van der Waals surface area contributed by atoms with Crippen molar-refractivity contribution in [1.82, 2.24) is 0 Å². The van der Waals surface area contributed by atoms with Gasteiger partial charge in [0.15, 0.2) is 0 Å². The minimum atomic E-state index is -0.606. The summed E-state index contributed by atoms with van der Waals surface area (Å²) in [6.45, 7) is 6.87. The van der Waals surface area contributed by atoms with Gasteiger partial charge in [0.05, 0.1) is 19.6 Å². The van der Waals surface area contributed by atoms with Gasteiger partial charge >= 0.3 is 5.97 Å². The standard InChI is InChI=1S/C15H24O6/c1-11(16)9-12(17)5-7-20-8-6-13(18)10-14(19)21-15(2,3)4/h5-10H2,1-4H3. The molecule has 120 valence electrons. The predicted octanol–water partition coefficient (Wildman–Crippen LogP) is 1.63. The summed E-state index contributed by atoms with van der Waals surface area (Å²) in [5.74, 6) is -1.17. The highest BCUT2D eigenvalue weighted by Crippen LogP contribution is 2.08. The van der Waals surface area contributed by atoms with Crippen LogP contribution in [0.15, 0.2) is 0 Å². The smallest absolute Gasteiger partial charge is 0.313 e. The first kappa shape index (κ1) is 19.4. The molecule has 0 radical (unpaired) electrons. The zero-order chi connectivity index (χ0) is 16.5. The van der Waals surface area contributed by atoms with Crippen LogP contribution in [0.1, 0.15) is 53.4 Å². The van der Waals surface area contributed by atoms with Crippen molar-refractivity contribution in [2.45, 2.75) is 59.0 Å². The first-order valence-corrected chi connectivity index (χ1v) is 6.92. The van der Waals surface area contributed by atoms with Gasteiger partial charge in [0.2, 0.25) is 0 Å². The molecule has 0 spiro atoms. The second-order valence-corrected chi connectivity index (χ2v) is 5.83. The van der Waals surface area contributed by atoms with E-state index >= 15 is 0 Å². The summed E-state index contributed by atoms with van der Waals surface area (Å²) in [5, 5.41) is 0. The van der Waals surface area contributed by atoms with Crippen molar-refractivity contribution in [2.75, 3.05) is 13.2 Å². The van der Waals surface area contributed by atoms with Crippen LogP contribution in [0.5, 0.6) is 0 Å². The molecule has 0 aliphatic carbocycles. The second-order valence-electron chi connectivity index (χ2n) is 5.83. The van der Waals surface area contributed by atoms with Crippen LogP contribution in [0.2, 0.25) is 0 Å². The van der Waals surface area contributed by atoms with E-state index in [9.17, 15) is 19.2 Å². The van der Waals surface area contributed by atoms with Gasteiger partial charge in [0.1, 0.15) is 29.4 Å². The van der Waals surface area contributed by atoms with Crippen molar-refractivity contribution < 1.29 is 28.7 Å². The third kappa shape index (κ3) is 13.2. The molecular formula is C15H24O6. The Morgan fingerprint density at radius 1 is 0.857 bits per heavy atom. The van der Waals surface area contributed by atoms with Gasteiger partial charge in [-0.05, 0) is 27.7 Å². The lowest BCUT2D eigenvalue weighted by atomic mass is 10.1. The number of ketones is 3. The van der Waals surface area contributed by atoms with Crippen LogP contribution in [0.4, 0.5) is 0 Å². The lowest BCUT2D eigenvalue weighted by Crippen LogP contribution is -2.25. The van der Waals surface area contributed by atoms with Gasteiger partial charge in [0, 0.05) is 12.8 Å². The van der Waals surface area contributed by atoms with Crippen LogP contribution in [0.3, 0.4) is 0 Å². The summed E-state index contributed by atoms with van der Waals surface area (Å²) in [7, 11) is 0. The summed E-state index contributed by atoms with van der Waals surface area (Å²) in [6, 6.07) is 0. The molecule has 0 aromatic rings. The Hall–Kier alpha value is -1.56. The fourth-order valence-corrected chi connectivity index (χ4v) is 1.47. The van der Waals surface area contributed by atoms with Crippen molar-refractivity contribution in [2.24, 2.45) is 0 Å². The van der Waals surface area contributed by atoms with E-state index in [0.717, 1.165) is 0 Å². The largest absolute Gasteiger partial charge is 0.460 e. The van der Waals surface area contributed by atoms with Crippen LogP contribution < -0.4 is 0 Å². The van der Waals surface area contributed by atoms with E-state index in [1.54, 1.807) is 20.8 Å². The summed E-state index contributed by atoms with van der Waals surface area (Å²) >= 11 is 0. The first-order chi connectivity index (χ1) is 9.60. The van der Waals surface area contributed by atoms with E-state index in [1.165, 1.54) is 6.92 Å². The fourth-order valence-electron chi connectivity index (χ4n) is 1.47. The molecule has 0 aliphatic rings. The van der Waals surface area contributed by atoms with Crippen molar-refractivity contribution in [3.05, 3.63) is 0 Å². The predicted molar refractivity (Wildman–Crippen MR) is 75.8 cm³/mol. The minimum Gasteiger partial charge on any atom is -0.460 e. The van der Waals surface area contributed by atoms with Gasteiger partial charge in [-0.2, -0.15) is 0 Å². The average molecular weight is 300 g/mol. The van der Waals surface area contributed by atoms with E-state index in [-0.39, 0.29) is 56.2 Å². The van der Waals surface area contributed by atoms with Gasteiger partial charge in [-0.25, -0.2) is 0 Å². The highest BCUT2D eigenvalue weighted by atomic mass is 16.6. The number of hydrogen-bond donors (Lipinski definition) is 0. The number of hydrogen-bond acceptors (Lipinski definition) is 6. The number of ether oxygens (including phenoxy) is 2. The molecule has 0 aromatic heterocycles. The Morgan fingerprint density at radius 3 is 1.76 bits per heavy atom.